The van der Waals surface area contributed by atoms with Crippen LogP contribution < -0.4 is 5.73 Å². The highest BCUT2D eigenvalue weighted by Crippen LogP contribution is 2.20. The molecular weight excluding hydrogens is 384 g/mol. The van der Waals surface area contributed by atoms with Crippen molar-refractivity contribution in [2.75, 3.05) is 38.6 Å². The van der Waals surface area contributed by atoms with Crippen LogP contribution in [0, 0.1) is 0 Å². The summed E-state index contributed by atoms with van der Waals surface area (Å²) in [5.41, 5.74) is 6.73. The zero-order valence-electron chi connectivity index (χ0n) is 16.4. The van der Waals surface area contributed by atoms with Gasteiger partial charge in [-0.1, -0.05) is 13.8 Å². The summed E-state index contributed by atoms with van der Waals surface area (Å²) in [6.45, 7) is 6.64. The van der Waals surface area contributed by atoms with Gasteiger partial charge in [0.1, 0.15) is 12.7 Å². The molecule has 0 aromatic heterocycles. The molecule has 0 bridgehead atoms. The minimum atomic E-state index is -1.42. The van der Waals surface area contributed by atoms with E-state index in [0.717, 1.165) is 19.6 Å². The fourth-order valence-electron chi connectivity index (χ4n) is 2.33. The normalized spacial score (nSPS) is 16.9. The number of nitrogens with two attached hydrogens (primary N) is 1. The SMILES string of the molecule is CCN(CC)CCOC(=O)c1ccc(N)cc1.O=C1O[C@H]([C@@H](O)CO)C(O)=C1O. The number of ether oxygens (including phenoxy) is 2. The zero-order valence-corrected chi connectivity index (χ0v) is 16.4. The number of carbonyl (C=O) groups is 2. The van der Waals surface area contributed by atoms with Gasteiger partial charge in [0.25, 0.3) is 0 Å². The predicted molar refractivity (Wildman–Crippen MR) is 104 cm³/mol. The van der Waals surface area contributed by atoms with Crippen LogP contribution in [-0.2, 0) is 14.3 Å². The third-order valence-electron chi connectivity index (χ3n) is 4.16. The van der Waals surface area contributed by atoms with Crippen LogP contribution in [0.5, 0.6) is 0 Å². The van der Waals surface area contributed by atoms with Gasteiger partial charge in [-0.05, 0) is 37.4 Å². The second kappa shape index (κ2) is 11.9. The molecule has 0 amide bonds. The summed E-state index contributed by atoms with van der Waals surface area (Å²) in [6.07, 6.45) is -2.78. The first kappa shape index (κ1) is 24.2. The number of aliphatic hydroxyl groups excluding tert-OH is 4. The van der Waals surface area contributed by atoms with Crippen LogP contribution in [0.1, 0.15) is 24.2 Å². The Morgan fingerprint density at radius 1 is 1.24 bits per heavy atom. The van der Waals surface area contributed by atoms with Crippen molar-refractivity contribution in [3.63, 3.8) is 0 Å². The van der Waals surface area contributed by atoms with E-state index >= 15 is 0 Å². The van der Waals surface area contributed by atoms with Gasteiger partial charge in [0.15, 0.2) is 11.9 Å². The van der Waals surface area contributed by atoms with Gasteiger partial charge in [-0.15, -0.1) is 0 Å². The van der Waals surface area contributed by atoms with Crippen LogP contribution in [0.2, 0.25) is 0 Å². The Labute approximate surface area is 168 Å². The number of hydrogen-bond donors (Lipinski definition) is 5. The Kier molecular flexibility index (Phi) is 9.93. The van der Waals surface area contributed by atoms with Gasteiger partial charge >= 0.3 is 11.9 Å². The second-order valence-corrected chi connectivity index (χ2v) is 6.09. The van der Waals surface area contributed by atoms with Crippen LogP contribution in [0.4, 0.5) is 5.69 Å². The third kappa shape index (κ3) is 7.26. The van der Waals surface area contributed by atoms with Crippen molar-refractivity contribution in [3.05, 3.63) is 41.3 Å². The molecule has 2 atom stereocenters. The summed E-state index contributed by atoms with van der Waals surface area (Å²) < 4.78 is 9.50. The number of carbonyl (C=O) groups excluding carboxylic acids is 2. The number of rotatable bonds is 8. The van der Waals surface area contributed by atoms with Gasteiger partial charge in [-0.25, -0.2) is 9.59 Å². The first-order chi connectivity index (χ1) is 13.7. The molecule has 0 saturated carbocycles. The Bertz CT molecular complexity index is 701. The summed E-state index contributed by atoms with van der Waals surface area (Å²) in [6, 6.07) is 6.74. The lowest BCUT2D eigenvalue weighted by Crippen LogP contribution is -2.31. The number of nitrogen functional groups attached to an aromatic ring is 1. The molecule has 2 rings (SSSR count). The topological polar surface area (TPSA) is 163 Å². The molecule has 0 saturated heterocycles. The van der Waals surface area contributed by atoms with Crippen LogP contribution in [-0.4, -0.2) is 82.3 Å². The minimum absolute atomic E-state index is 0.294. The number of esters is 2. The summed E-state index contributed by atoms with van der Waals surface area (Å²) in [7, 11) is 0. The van der Waals surface area contributed by atoms with Crippen molar-refractivity contribution < 1.29 is 39.5 Å². The van der Waals surface area contributed by atoms with E-state index in [-0.39, 0.29) is 5.97 Å². The Morgan fingerprint density at radius 3 is 2.28 bits per heavy atom. The van der Waals surface area contributed by atoms with Crippen LogP contribution in [0.15, 0.2) is 35.8 Å². The molecule has 0 aliphatic carbocycles. The van der Waals surface area contributed by atoms with E-state index in [0.29, 0.717) is 17.9 Å². The minimum Gasteiger partial charge on any atom is -0.505 e. The molecule has 1 aromatic rings. The summed E-state index contributed by atoms with van der Waals surface area (Å²) in [5, 5.41) is 35.0. The highest BCUT2D eigenvalue weighted by atomic mass is 16.6. The fourth-order valence-corrected chi connectivity index (χ4v) is 2.33. The molecule has 162 valence electrons. The molecule has 1 aliphatic heterocycles. The standard InChI is InChI=1S/C13H20N2O2.C6H8O6/c1-3-15(4-2)9-10-17-13(16)11-5-7-12(14)8-6-11;7-1-2(8)5-3(9)4(10)6(11)12-5/h5-8H,3-4,9-10,14H2,1-2H3;2,5,7-10H,1H2/t;2-,5+/m.0/s1. The van der Waals surface area contributed by atoms with E-state index in [1.807, 2.05) is 0 Å². The molecule has 6 N–H and O–H groups in total. The van der Waals surface area contributed by atoms with Crippen molar-refractivity contribution in [1.29, 1.82) is 0 Å². The Hall–Kier alpha value is -2.82. The molecule has 1 aliphatic rings. The number of nitrogens with zero attached hydrogens (tertiary/aromatic N) is 1. The largest absolute Gasteiger partial charge is 0.505 e. The Balaban J connectivity index is 0.000000308. The van der Waals surface area contributed by atoms with E-state index < -0.39 is 36.3 Å². The summed E-state index contributed by atoms with van der Waals surface area (Å²) in [5.74, 6) is -3.07. The van der Waals surface area contributed by atoms with Crippen LogP contribution in [0.3, 0.4) is 0 Å². The number of anilines is 1. The molecule has 10 nitrogen and oxygen atoms in total. The maximum atomic E-state index is 11.6. The number of likely N-dealkylation sites (N-methyl/N-ethyl adjacent to an activating group) is 1. The lowest BCUT2D eigenvalue weighted by atomic mass is 10.2. The zero-order chi connectivity index (χ0) is 22.0. The van der Waals surface area contributed by atoms with Crippen molar-refractivity contribution in [2.24, 2.45) is 0 Å². The average Bonchev–Trinajstić information content (AvgIpc) is 2.99. The highest BCUT2D eigenvalue weighted by Gasteiger charge is 2.38. The Morgan fingerprint density at radius 2 is 1.83 bits per heavy atom. The lowest BCUT2D eigenvalue weighted by Gasteiger charge is -2.17. The van der Waals surface area contributed by atoms with Crippen molar-refractivity contribution >= 4 is 17.6 Å². The fraction of sp³-hybridized carbons (Fsp3) is 0.474. The average molecular weight is 412 g/mol. The van der Waals surface area contributed by atoms with Gasteiger partial charge in [0, 0.05) is 12.2 Å². The lowest BCUT2D eigenvalue weighted by molar-refractivity contribution is -0.147. The van der Waals surface area contributed by atoms with Crippen LogP contribution >= 0.6 is 0 Å². The second-order valence-electron chi connectivity index (χ2n) is 6.09. The molecule has 10 heteroatoms. The van der Waals surface area contributed by atoms with Crippen LogP contribution in [0.25, 0.3) is 0 Å². The van der Waals surface area contributed by atoms with E-state index in [4.69, 9.17) is 30.9 Å². The smallest absolute Gasteiger partial charge is 0.377 e. The maximum Gasteiger partial charge on any atom is 0.377 e. The quantitative estimate of drug-likeness (QED) is 0.297. The van der Waals surface area contributed by atoms with Gasteiger partial charge in [-0.3, -0.25) is 0 Å². The number of cyclic esters (lactones) is 1. The van der Waals surface area contributed by atoms with Gasteiger partial charge in [-0.2, -0.15) is 0 Å². The highest BCUT2D eigenvalue weighted by molar-refractivity contribution is 5.90. The van der Waals surface area contributed by atoms with Crippen molar-refractivity contribution in [2.45, 2.75) is 26.1 Å². The van der Waals surface area contributed by atoms with Gasteiger partial charge in [0.05, 0.1) is 12.2 Å². The van der Waals surface area contributed by atoms with E-state index in [1.165, 1.54) is 0 Å². The third-order valence-corrected chi connectivity index (χ3v) is 4.16. The van der Waals surface area contributed by atoms with Gasteiger partial charge in [0.2, 0.25) is 5.76 Å². The van der Waals surface area contributed by atoms with E-state index in [1.54, 1.807) is 24.3 Å². The molecule has 0 fully saturated rings. The maximum absolute atomic E-state index is 11.6. The number of benzene rings is 1. The predicted octanol–water partition coefficient (Wildman–Crippen LogP) is 0.360. The first-order valence-corrected chi connectivity index (χ1v) is 9.12. The van der Waals surface area contributed by atoms with Crippen molar-refractivity contribution in [1.82, 2.24) is 4.90 Å². The monoisotopic (exact) mass is 412 g/mol. The first-order valence-electron chi connectivity index (χ1n) is 9.12. The van der Waals surface area contributed by atoms with Gasteiger partial charge < -0.3 is 40.5 Å². The number of hydrogen-bond acceptors (Lipinski definition) is 10. The number of aliphatic hydroxyl groups is 4. The summed E-state index contributed by atoms with van der Waals surface area (Å²) in [4.78, 5) is 24.4. The molecule has 29 heavy (non-hydrogen) atoms. The molecule has 1 aromatic carbocycles. The van der Waals surface area contributed by atoms with E-state index in [2.05, 4.69) is 23.5 Å². The summed E-state index contributed by atoms with van der Waals surface area (Å²) >= 11 is 0. The molecule has 0 unspecified atom stereocenters. The van der Waals surface area contributed by atoms with E-state index in [9.17, 15) is 9.59 Å². The molecular formula is C19H28N2O8. The van der Waals surface area contributed by atoms with Crippen molar-refractivity contribution in [3.8, 4) is 0 Å². The molecule has 1 heterocycles. The molecule has 0 radical (unpaired) electrons. The molecule has 0 spiro atoms.